The molecule has 0 aromatic carbocycles. The summed E-state index contributed by atoms with van der Waals surface area (Å²) in [5.74, 6) is 1.73. The van der Waals surface area contributed by atoms with Gasteiger partial charge < -0.3 is 4.90 Å². The van der Waals surface area contributed by atoms with Gasteiger partial charge in [0.1, 0.15) is 0 Å². The zero-order chi connectivity index (χ0) is 12.1. The maximum Gasteiger partial charge on any atom is 0.174 e. The summed E-state index contributed by atoms with van der Waals surface area (Å²) in [6.07, 6.45) is 0. The second kappa shape index (κ2) is 7.16. The summed E-state index contributed by atoms with van der Waals surface area (Å²) in [4.78, 5) is 14.0. The molecular formula is C10H13Br2NOS2. The first kappa shape index (κ1) is 14.7. The molecule has 0 atom stereocenters. The molecule has 1 aromatic heterocycles. The van der Waals surface area contributed by atoms with Gasteiger partial charge in [-0.3, -0.25) is 4.79 Å². The summed E-state index contributed by atoms with van der Waals surface area (Å²) < 4.78 is 1.90. The molecule has 16 heavy (non-hydrogen) atoms. The Balaban J connectivity index is 2.38. The van der Waals surface area contributed by atoms with Crippen LogP contribution in [0.4, 0.5) is 0 Å². The first-order chi connectivity index (χ1) is 7.50. The highest BCUT2D eigenvalue weighted by atomic mass is 79.9. The molecule has 0 radical (unpaired) electrons. The van der Waals surface area contributed by atoms with Gasteiger partial charge in [-0.1, -0.05) is 0 Å². The molecule has 0 spiro atoms. The molecule has 0 aliphatic heterocycles. The highest BCUT2D eigenvalue weighted by Crippen LogP contribution is 2.32. The van der Waals surface area contributed by atoms with Gasteiger partial charge in [0.05, 0.1) is 13.3 Å². The van der Waals surface area contributed by atoms with E-state index in [1.54, 1.807) is 11.8 Å². The van der Waals surface area contributed by atoms with Crippen LogP contribution >= 0.6 is 55.0 Å². The molecule has 0 aliphatic carbocycles. The van der Waals surface area contributed by atoms with Crippen LogP contribution in [0.15, 0.2) is 13.6 Å². The normalized spacial score (nSPS) is 11.1. The number of carbonyl (C=O) groups excluding carboxylic acids is 1. The number of thioether (sulfide) groups is 1. The van der Waals surface area contributed by atoms with Gasteiger partial charge in [0.2, 0.25) is 0 Å². The van der Waals surface area contributed by atoms with Crippen LogP contribution in [0.5, 0.6) is 0 Å². The minimum Gasteiger partial charge on any atom is -0.309 e. The largest absolute Gasteiger partial charge is 0.309 e. The van der Waals surface area contributed by atoms with Crippen molar-refractivity contribution in [2.24, 2.45) is 0 Å². The lowest BCUT2D eigenvalue weighted by Gasteiger charge is -2.07. The second-order valence-corrected chi connectivity index (χ2v) is 8.37. The van der Waals surface area contributed by atoms with E-state index in [1.807, 2.05) is 20.2 Å². The molecule has 0 N–H and O–H groups in total. The SMILES string of the molecule is CN(C)CCSCC(=O)c1cc(Br)sc1Br. The van der Waals surface area contributed by atoms with Crippen molar-refractivity contribution in [1.29, 1.82) is 0 Å². The molecule has 6 heteroatoms. The lowest BCUT2D eigenvalue weighted by Crippen LogP contribution is -2.15. The van der Waals surface area contributed by atoms with E-state index < -0.39 is 0 Å². The number of nitrogens with zero attached hydrogens (tertiary/aromatic N) is 1. The van der Waals surface area contributed by atoms with Crippen molar-refractivity contribution in [3.63, 3.8) is 0 Å². The molecule has 90 valence electrons. The number of halogens is 2. The van der Waals surface area contributed by atoms with Crippen molar-refractivity contribution >= 4 is 60.7 Å². The highest BCUT2D eigenvalue weighted by molar-refractivity contribution is 9.12. The van der Waals surface area contributed by atoms with Crippen LogP contribution in [0.3, 0.4) is 0 Å². The van der Waals surface area contributed by atoms with E-state index >= 15 is 0 Å². The third kappa shape index (κ3) is 4.87. The van der Waals surface area contributed by atoms with Crippen molar-refractivity contribution < 1.29 is 4.79 Å². The quantitative estimate of drug-likeness (QED) is 0.548. The minimum atomic E-state index is 0.192. The molecule has 0 amide bonds. The molecule has 0 aliphatic rings. The van der Waals surface area contributed by atoms with Crippen LogP contribution in [0, 0.1) is 0 Å². The van der Waals surface area contributed by atoms with Crippen LogP contribution in [-0.4, -0.2) is 42.8 Å². The monoisotopic (exact) mass is 385 g/mol. The fourth-order valence-electron chi connectivity index (χ4n) is 1.02. The number of rotatable bonds is 6. The predicted octanol–water partition coefficient (Wildman–Crippen LogP) is 3.75. The van der Waals surface area contributed by atoms with Gasteiger partial charge in [-0.2, -0.15) is 11.8 Å². The van der Waals surface area contributed by atoms with E-state index in [-0.39, 0.29) is 5.78 Å². The van der Waals surface area contributed by atoms with Gasteiger partial charge >= 0.3 is 0 Å². The molecular weight excluding hydrogens is 374 g/mol. The van der Waals surface area contributed by atoms with Crippen LogP contribution in [0.1, 0.15) is 10.4 Å². The smallest absolute Gasteiger partial charge is 0.174 e. The van der Waals surface area contributed by atoms with Crippen molar-refractivity contribution in [2.45, 2.75) is 0 Å². The Bertz CT molecular complexity index is 366. The first-order valence-electron chi connectivity index (χ1n) is 4.71. The van der Waals surface area contributed by atoms with Crippen molar-refractivity contribution in [3.8, 4) is 0 Å². The van der Waals surface area contributed by atoms with E-state index in [2.05, 4.69) is 36.8 Å². The molecule has 1 heterocycles. The molecule has 1 rings (SSSR count). The van der Waals surface area contributed by atoms with Crippen molar-refractivity contribution in [1.82, 2.24) is 4.90 Å². The average molecular weight is 387 g/mol. The Morgan fingerprint density at radius 2 is 2.19 bits per heavy atom. The summed E-state index contributed by atoms with van der Waals surface area (Å²) in [7, 11) is 4.07. The summed E-state index contributed by atoms with van der Waals surface area (Å²) in [5.41, 5.74) is 0.786. The van der Waals surface area contributed by atoms with Gasteiger partial charge in [0.15, 0.2) is 5.78 Å². The van der Waals surface area contributed by atoms with Crippen molar-refractivity contribution in [3.05, 3.63) is 19.2 Å². The Morgan fingerprint density at radius 1 is 1.50 bits per heavy atom. The molecule has 0 fully saturated rings. The van der Waals surface area contributed by atoms with Gasteiger partial charge in [-0.25, -0.2) is 0 Å². The van der Waals surface area contributed by atoms with E-state index in [0.717, 1.165) is 25.4 Å². The molecule has 0 saturated heterocycles. The van der Waals surface area contributed by atoms with Gasteiger partial charge in [0.25, 0.3) is 0 Å². The lowest BCUT2D eigenvalue weighted by molar-refractivity contribution is 0.102. The van der Waals surface area contributed by atoms with Crippen LogP contribution in [-0.2, 0) is 0 Å². The second-order valence-electron chi connectivity index (χ2n) is 3.52. The third-order valence-electron chi connectivity index (χ3n) is 1.87. The van der Waals surface area contributed by atoms with Gasteiger partial charge in [0, 0.05) is 17.9 Å². The lowest BCUT2D eigenvalue weighted by atomic mass is 10.2. The third-order valence-corrected chi connectivity index (χ3v) is 5.15. The molecule has 0 bridgehead atoms. The summed E-state index contributed by atoms with van der Waals surface area (Å²) in [5, 5.41) is 0. The fraction of sp³-hybridized carbons (Fsp3) is 0.500. The summed E-state index contributed by atoms with van der Waals surface area (Å²) in [6, 6.07) is 1.88. The molecule has 0 unspecified atom stereocenters. The highest BCUT2D eigenvalue weighted by Gasteiger charge is 2.13. The van der Waals surface area contributed by atoms with E-state index in [0.29, 0.717) is 5.75 Å². The topological polar surface area (TPSA) is 20.3 Å². The maximum absolute atomic E-state index is 11.8. The molecule has 1 aromatic rings. The average Bonchev–Trinajstić information content (AvgIpc) is 2.52. The standard InChI is InChI=1S/C10H13Br2NOS2/c1-13(2)3-4-15-6-8(14)7-5-9(11)16-10(7)12/h5H,3-4,6H2,1-2H3. The molecule has 0 saturated carbocycles. The zero-order valence-corrected chi connectivity index (χ0v) is 13.9. The van der Waals surface area contributed by atoms with E-state index in [1.165, 1.54) is 11.3 Å². The van der Waals surface area contributed by atoms with Crippen LogP contribution < -0.4 is 0 Å². The summed E-state index contributed by atoms with van der Waals surface area (Å²) in [6.45, 7) is 1.01. The van der Waals surface area contributed by atoms with Crippen LogP contribution in [0.2, 0.25) is 0 Å². The Hall–Kier alpha value is 0.640. The number of Topliss-reactive ketones (excluding diaryl/α,β-unsaturated/α-hetero) is 1. The number of ketones is 1. The number of hydrogen-bond donors (Lipinski definition) is 0. The molecule has 2 nitrogen and oxygen atoms in total. The van der Waals surface area contributed by atoms with E-state index in [4.69, 9.17) is 0 Å². The Morgan fingerprint density at radius 3 is 2.69 bits per heavy atom. The predicted molar refractivity (Wildman–Crippen MR) is 79.9 cm³/mol. The minimum absolute atomic E-state index is 0.192. The summed E-state index contributed by atoms with van der Waals surface area (Å²) >= 11 is 9.99. The van der Waals surface area contributed by atoms with Crippen molar-refractivity contribution in [2.75, 3.05) is 32.1 Å². The van der Waals surface area contributed by atoms with Crippen LogP contribution in [0.25, 0.3) is 0 Å². The Kier molecular flexibility index (Phi) is 6.58. The first-order valence-corrected chi connectivity index (χ1v) is 8.27. The fourth-order valence-corrected chi connectivity index (χ4v) is 4.86. The van der Waals surface area contributed by atoms with Gasteiger partial charge in [-0.15, -0.1) is 11.3 Å². The number of hydrogen-bond acceptors (Lipinski definition) is 4. The van der Waals surface area contributed by atoms with Gasteiger partial charge in [-0.05, 0) is 52.0 Å². The van der Waals surface area contributed by atoms with E-state index in [9.17, 15) is 4.79 Å². The number of carbonyl (C=O) groups is 1. The number of thiophene rings is 1. The Labute approximate surface area is 121 Å². The zero-order valence-electron chi connectivity index (χ0n) is 9.13. The maximum atomic E-state index is 11.8.